The second kappa shape index (κ2) is 9.34. The molecule has 0 atom stereocenters. The van der Waals surface area contributed by atoms with Crippen LogP contribution < -0.4 is 26.6 Å². The summed E-state index contributed by atoms with van der Waals surface area (Å²) in [6.45, 7) is 4.25. The van der Waals surface area contributed by atoms with Crippen LogP contribution in [0.1, 0.15) is 23.1 Å². The highest BCUT2D eigenvalue weighted by atomic mass is 16.5. The minimum absolute atomic E-state index is 0.0422. The van der Waals surface area contributed by atoms with Gasteiger partial charge in [0.2, 0.25) is 5.91 Å². The summed E-state index contributed by atoms with van der Waals surface area (Å²) < 4.78 is 6.95. The van der Waals surface area contributed by atoms with Gasteiger partial charge in [-0.25, -0.2) is 4.79 Å². The first-order valence-electron chi connectivity index (χ1n) is 9.91. The van der Waals surface area contributed by atoms with Crippen LogP contribution in [-0.4, -0.2) is 29.1 Å². The Hall–Kier alpha value is -3.81. The Kier molecular flexibility index (Phi) is 6.59. The van der Waals surface area contributed by atoms with E-state index in [9.17, 15) is 14.4 Å². The normalized spacial score (nSPS) is 10.7. The van der Waals surface area contributed by atoms with Crippen molar-refractivity contribution in [2.24, 2.45) is 0 Å². The van der Waals surface area contributed by atoms with E-state index >= 15 is 0 Å². The molecule has 0 aliphatic rings. The molecule has 0 aliphatic carbocycles. The second-order valence-electron chi connectivity index (χ2n) is 7.39. The Balaban J connectivity index is 1.76. The van der Waals surface area contributed by atoms with Crippen molar-refractivity contribution in [3.05, 3.63) is 86.1 Å². The van der Waals surface area contributed by atoms with Crippen LogP contribution in [0, 0.1) is 13.8 Å². The van der Waals surface area contributed by atoms with Crippen molar-refractivity contribution in [3.8, 4) is 5.75 Å². The molecule has 0 fully saturated rings. The third-order valence-corrected chi connectivity index (χ3v) is 5.01. The van der Waals surface area contributed by atoms with Gasteiger partial charge < -0.3 is 15.4 Å². The molecule has 2 aromatic carbocycles. The minimum atomic E-state index is -0.710. The van der Waals surface area contributed by atoms with Gasteiger partial charge in [-0.2, -0.15) is 0 Å². The van der Waals surface area contributed by atoms with E-state index in [1.54, 1.807) is 0 Å². The molecular formula is C23H26N4O4. The smallest absolute Gasteiger partial charge is 0.330 e. The van der Waals surface area contributed by atoms with Crippen molar-refractivity contribution in [2.75, 3.05) is 24.3 Å². The zero-order chi connectivity index (χ0) is 22.5. The summed E-state index contributed by atoms with van der Waals surface area (Å²) in [4.78, 5) is 40.8. The van der Waals surface area contributed by atoms with Crippen molar-refractivity contribution in [3.63, 3.8) is 0 Å². The SMILES string of the molecule is Cc1ccc(OCCC(=O)N(C)c2c(N)n(Cc3ccccc3)c(=O)[nH]c2=O)c(C)c1. The molecule has 0 saturated heterocycles. The fraction of sp³-hybridized carbons (Fsp3) is 0.261. The number of hydrogen-bond acceptors (Lipinski definition) is 5. The number of ether oxygens (including phenoxy) is 1. The van der Waals surface area contributed by atoms with Gasteiger partial charge in [-0.15, -0.1) is 0 Å². The number of nitrogens with zero attached hydrogens (tertiary/aromatic N) is 2. The minimum Gasteiger partial charge on any atom is -0.493 e. The van der Waals surface area contributed by atoms with Crippen LogP contribution in [0.15, 0.2) is 58.1 Å². The molecule has 31 heavy (non-hydrogen) atoms. The largest absolute Gasteiger partial charge is 0.493 e. The van der Waals surface area contributed by atoms with E-state index in [2.05, 4.69) is 4.98 Å². The fourth-order valence-electron chi connectivity index (χ4n) is 3.33. The first-order valence-corrected chi connectivity index (χ1v) is 9.91. The number of aryl methyl sites for hydroxylation is 2. The van der Waals surface area contributed by atoms with Crippen LogP contribution in [0.4, 0.5) is 11.5 Å². The summed E-state index contributed by atoms with van der Waals surface area (Å²) in [5.41, 5.74) is 7.68. The maximum absolute atomic E-state index is 12.7. The first kappa shape index (κ1) is 21.9. The maximum Gasteiger partial charge on any atom is 0.330 e. The third kappa shape index (κ3) is 5.03. The number of carbonyl (C=O) groups excluding carboxylic acids is 1. The van der Waals surface area contributed by atoms with Gasteiger partial charge in [0.15, 0.2) is 5.69 Å². The van der Waals surface area contributed by atoms with Crippen LogP contribution >= 0.6 is 0 Å². The number of hydrogen-bond donors (Lipinski definition) is 2. The highest BCUT2D eigenvalue weighted by molar-refractivity contribution is 5.95. The Morgan fingerprint density at radius 3 is 2.52 bits per heavy atom. The summed E-state index contributed by atoms with van der Waals surface area (Å²) in [6, 6.07) is 15.0. The summed E-state index contributed by atoms with van der Waals surface area (Å²) in [6.07, 6.45) is 0.0422. The van der Waals surface area contributed by atoms with Crippen molar-refractivity contribution in [1.29, 1.82) is 0 Å². The molecule has 0 unspecified atom stereocenters. The zero-order valence-corrected chi connectivity index (χ0v) is 17.8. The maximum atomic E-state index is 12.7. The van der Waals surface area contributed by atoms with Gasteiger partial charge in [-0.1, -0.05) is 48.0 Å². The predicted octanol–water partition coefficient (Wildman–Crippen LogP) is 2.22. The molecule has 1 amide bonds. The number of aromatic amines is 1. The molecule has 8 nitrogen and oxygen atoms in total. The van der Waals surface area contributed by atoms with Gasteiger partial charge in [0.1, 0.15) is 11.6 Å². The lowest BCUT2D eigenvalue weighted by Gasteiger charge is -2.20. The molecular weight excluding hydrogens is 396 g/mol. The quantitative estimate of drug-likeness (QED) is 0.607. The van der Waals surface area contributed by atoms with E-state index in [0.29, 0.717) is 5.75 Å². The highest BCUT2D eigenvalue weighted by Gasteiger charge is 2.21. The lowest BCUT2D eigenvalue weighted by atomic mass is 10.1. The van der Waals surface area contributed by atoms with E-state index in [1.165, 1.54) is 16.5 Å². The summed E-state index contributed by atoms with van der Waals surface area (Å²) in [5.74, 6) is 0.283. The molecule has 3 rings (SSSR count). The fourth-order valence-corrected chi connectivity index (χ4v) is 3.33. The molecule has 0 bridgehead atoms. The number of rotatable bonds is 7. The van der Waals surface area contributed by atoms with Crippen LogP contribution in [0.3, 0.4) is 0 Å². The first-order chi connectivity index (χ1) is 14.8. The number of benzene rings is 2. The van der Waals surface area contributed by atoms with Crippen LogP contribution in [-0.2, 0) is 11.3 Å². The Morgan fingerprint density at radius 1 is 1.13 bits per heavy atom. The number of carbonyl (C=O) groups is 1. The van der Waals surface area contributed by atoms with Crippen molar-refractivity contribution in [1.82, 2.24) is 9.55 Å². The number of aromatic nitrogens is 2. The number of H-pyrrole nitrogens is 1. The highest BCUT2D eigenvalue weighted by Crippen LogP contribution is 2.20. The van der Waals surface area contributed by atoms with Crippen LogP contribution in [0.2, 0.25) is 0 Å². The average Bonchev–Trinajstić information content (AvgIpc) is 2.73. The number of amides is 1. The Bertz CT molecular complexity index is 1200. The number of nitrogen functional groups attached to an aromatic ring is 1. The number of anilines is 2. The lowest BCUT2D eigenvalue weighted by molar-refractivity contribution is -0.118. The molecule has 1 heterocycles. The molecule has 8 heteroatoms. The topological polar surface area (TPSA) is 110 Å². The molecule has 0 saturated carbocycles. The zero-order valence-electron chi connectivity index (χ0n) is 17.8. The van der Waals surface area contributed by atoms with Gasteiger partial charge in [0, 0.05) is 7.05 Å². The molecule has 3 aromatic rings. The molecule has 0 aliphatic heterocycles. The third-order valence-electron chi connectivity index (χ3n) is 5.01. The monoisotopic (exact) mass is 422 g/mol. The summed E-state index contributed by atoms with van der Waals surface area (Å²) in [7, 11) is 1.46. The van der Waals surface area contributed by atoms with Crippen LogP contribution in [0.25, 0.3) is 0 Å². The van der Waals surface area contributed by atoms with E-state index < -0.39 is 11.2 Å². The molecule has 162 valence electrons. The second-order valence-corrected chi connectivity index (χ2v) is 7.39. The van der Waals surface area contributed by atoms with Gasteiger partial charge in [-0.3, -0.25) is 19.1 Å². The van der Waals surface area contributed by atoms with E-state index in [-0.39, 0.29) is 37.0 Å². The summed E-state index contributed by atoms with van der Waals surface area (Å²) in [5, 5.41) is 0. The van der Waals surface area contributed by atoms with Gasteiger partial charge >= 0.3 is 5.69 Å². The van der Waals surface area contributed by atoms with Crippen molar-refractivity contribution < 1.29 is 9.53 Å². The standard InChI is InChI=1S/C23H26N4O4/c1-15-9-10-18(16(2)13-15)31-12-11-19(28)26(3)20-21(24)27(23(30)25-22(20)29)14-17-7-5-4-6-8-17/h4-10,13H,11-12,14,24H2,1-3H3,(H,25,29,30). The molecule has 0 spiro atoms. The van der Waals surface area contributed by atoms with Crippen molar-refractivity contribution in [2.45, 2.75) is 26.8 Å². The Morgan fingerprint density at radius 2 is 1.84 bits per heavy atom. The van der Waals surface area contributed by atoms with Gasteiger partial charge in [0.05, 0.1) is 19.6 Å². The van der Waals surface area contributed by atoms with Crippen molar-refractivity contribution >= 4 is 17.4 Å². The van der Waals surface area contributed by atoms with Gasteiger partial charge in [0.25, 0.3) is 5.56 Å². The predicted molar refractivity (Wildman–Crippen MR) is 121 cm³/mol. The molecule has 1 aromatic heterocycles. The number of nitrogens with one attached hydrogen (secondary N) is 1. The Labute approximate surface area is 179 Å². The summed E-state index contributed by atoms with van der Waals surface area (Å²) >= 11 is 0. The van der Waals surface area contributed by atoms with E-state index in [4.69, 9.17) is 10.5 Å². The lowest BCUT2D eigenvalue weighted by Crippen LogP contribution is -2.39. The van der Waals surface area contributed by atoms with Gasteiger partial charge in [-0.05, 0) is 31.0 Å². The average molecular weight is 422 g/mol. The van der Waals surface area contributed by atoms with Crippen LogP contribution in [0.5, 0.6) is 5.75 Å². The molecule has 0 radical (unpaired) electrons. The van der Waals surface area contributed by atoms with E-state index in [1.807, 2.05) is 62.4 Å². The molecule has 3 N–H and O–H groups in total. The van der Waals surface area contributed by atoms with E-state index in [0.717, 1.165) is 16.7 Å². The number of nitrogens with two attached hydrogens (primary N) is 1.